The van der Waals surface area contributed by atoms with Crippen molar-refractivity contribution in [2.45, 2.75) is 37.6 Å². The summed E-state index contributed by atoms with van der Waals surface area (Å²) in [6.45, 7) is 3.66. The third kappa shape index (κ3) is 1.57. The van der Waals surface area contributed by atoms with E-state index >= 15 is 0 Å². The molecular weight excluding hydrogens is 136 g/mol. The van der Waals surface area contributed by atoms with Gasteiger partial charge in [0.05, 0.1) is 0 Å². The molecule has 1 spiro atoms. The molecule has 0 aliphatic carbocycles. The second kappa shape index (κ2) is 3.11. The van der Waals surface area contributed by atoms with Gasteiger partial charge in [-0.3, -0.25) is 0 Å². The van der Waals surface area contributed by atoms with Gasteiger partial charge in [0, 0.05) is 12.1 Å². The molecule has 0 saturated carbocycles. The fraction of sp³-hybridized carbons (Fsp3) is 1.00. The molecule has 2 saturated heterocycles. The lowest BCUT2D eigenvalue weighted by molar-refractivity contribution is 0.172. The average Bonchev–Trinajstić information content (AvgIpc) is 1.82. The quantitative estimate of drug-likeness (QED) is 0.541. The minimum atomic E-state index is 0.514. The molecule has 2 N–H and O–H groups in total. The molecule has 2 aliphatic heterocycles. The fourth-order valence-corrected chi connectivity index (χ4v) is 2.15. The van der Waals surface area contributed by atoms with Gasteiger partial charge in [0.25, 0.3) is 0 Å². The lowest BCUT2D eigenvalue weighted by atomic mass is 9.82. The van der Waals surface area contributed by atoms with Crippen molar-refractivity contribution in [3.05, 3.63) is 0 Å². The van der Waals surface area contributed by atoms with Gasteiger partial charge in [-0.25, -0.2) is 0 Å². The van der Waals surface area contributed by atoms with E-state index in [-0.39, 0.29) is 0 Å². The molecule has 0 radical (unpaired) electrons. The van der Waals surface area contributed by atoms with Crippen LogP contribution in [0, 0.1) is 0 Å². The van der Waals surface area contributed by atoms with Crippen LogP contribution in [0.2, 0.25) is 0 Å². The maximum absolute atomic E-state index is 3.57. The van der Waals surface area contributed by atoms with Crippen LogP contribution in [0.4, 0.5) is 0 Å². The van der Waals surface area contributed by atoms with Crippen molar-refractivity contribution < 1.29 is 0 Å². The van der Waals surface area contributed by atoms with Gasteiger partial charge in [0.15, 0.2) is 0 Å². The normalized spacial score (nSPS) is 39.3. The topological polar surface area (TPSA) is 24.1 Å². The monoisotopic (exact) mass is 154 g/mol. The first-order valence-electron chi connectivity index (χ1n) is 4.87. The molecule has 0 aromatic heterocycles. The van der Waals surface area contributed by atoms with Crippen molar-refractivity contribution in [3.63, 3.8) is 0 Å². The lowest BCUT2D eigenvalue weighted by Gasteiger charge is -2.44. The fourth-order valence-electron chi connectivity index (χ4n) is 2.15. The van der Waals surface area contributed by atoms with E-state index in [9.17, 15) is 0 Å². The molecule has 2 heteroatoms. The predicted molar refractivity (Wildman–Crippen MR) is 46.7 cm³/mol. The Morgan fingerprint density at radius 3 is 2.55 bits per heavy atom. The van der Waals surface area contributed by atoms with Gasteiger partial charge in [0.1, 0.15) is 0 Å². The van der Waals surface area contributed by atoms with Crippen molar-refractivity contribution in [2.24, 2.45) is 0 Å². The van der Waals surface area contributed by atoms with Crippen LogP contribution in [0.1, 0.15) is 32.1 Å². The highest BCUT2D eigenvalue weighted by Gasteiger charge is 2.35. The van der Waals surface area contributed by atoms with Crippen molar-refractivity contribution in [2.75, 3.05) is 19.6 Å². The molecule has 0 bridgehead atoms. The highest BCUT2D eigenvalue weighted by atomic mass is 15.1. The first-order chi connectivity index (χ1) is 5.41. The van der Waals surface area contributed by atoms with Crippen molar-refractivity contribution >= 4 is 0 Å². The summed E-state index contributed by atoms with van der Waals surface area (Å²) in [6.07, 6.45) is 6.99. The third-order valence-corrected chi connectivity index (χ3v) is 3.08. The van der Waals surface area contributed by atoms with Gasteiger partial charge in [0.2, 0.25) is 0 Å². The standard InChI is InChI=1S/C9H18N2/c1-2-4-9(5-7-11-9)8-10-6-3-1/h10-11H,1-8H2. The van der Waals surface area contributed by atoms with Crippen LogP contribution < -0.4 is 10.6 Å². The van der Waals surface area contributed by atoms with Crippen molar-refractivity contribution in [1.29, 1.82) is 0 Å². The van der Waals surface area contributed by atoms with Crippen LogP contribution in [0.5, 0.6) is 0 Å². The number of nitrogens with one attached hydrogen (secondary N) is 2. The van der Waals surface area contributed by atoms with Gasteiger partial charge in [-0.1, -0.05) is 12.8 Å². The zero-order valence-corrected chi connectivity index (χ0v) is 7.16. The molecular formula is C9H18N2. The Morgan fingerprint density at radius 1 is 0.909 bits per heavy atom. The summed E-state index contributed by atoms with van der Waals surface area (Å²) in [5.74, 6) is 0. The molecule has 0 amide bonds. The molecule has 11 heavy (non-hydrogen) atoms. The zero-order chi connectivity index (χ0) is 7.57. The summed E-state index contributed by atoms with van der Waals surface area (Å²) >= 11 is 0. The molecule has 64 valence electrons. The van der Waals surface area contributed by atoms with Crippen molar-refractivity contribution in [1.82, 2.24) is 10.6 Å². The largest absolute Gasteiger partial charge is 0.315 e. The number of rotatable bonds is 0. The van der Waals surface area contributed by atoms with Crippen LogP contribution in [0.15, 0.2) is 0 Å². The first-order valence-corrected chi connectivity index (χ1v) is 4.87. The van der Waals surface area contributed by atoms with E-state index < -0.39 is 0 Å². The van der Waals surface area contributed by atoms with Crippen LogP contribution in [0.25, 0.3) is 0 Å². The van der Waals surface area contributed by atoms with Crippen LogP contribution >= 0.6 is 0 Å². The maximum Gasteiger partial charge on any atom is 0.0318 e. The van der Waals surface area contributed by atoms with Crippen LogP contribution in [-0.4, -0.2) is 25.2 Å². The molecule has 2 heterocycles. The third-order valence-electron chi connectivity index (χ3n) is 3.08. The Labute approximate surface area is 68.7 Å². The molecule has 2 aliphatic rings. The Bertz CT molecular complexity index is 120. The lowest BCUT2D eigenvalue weighted by Crippen LogP contribution is -2.62. The first kappa shape index (κ1) is 7.56. The minimum absolute atomic E-state index is 0.514. The van der Waals surface area contributed by atoms with E-state index in [1.54, 1.807) is 0 Å². The maximum atomic E-state index is 3.57. The summed E-state index contributed by atoms with van der Waals surface area (Å²) in [5.41, 5.74) is 0.514. The van der Waals surface area contributed by atoms with E-state index in [0.29, 0.717) is 5.54 Å². The second-order valence-electron chi connectivity index (χ2n) is 3.94. The molecule has 1 unspecified atom stereocenters. The van der Waals surface area contributed by atoms with E-state index in [4.69, 9.17) is 0 Å². The summed E-state index contributed by atoms with van der Waals surface area (Å²) in [7, 11) is 0. The predicted octanol–water partition coefficient (Wildman–Crippen LogP) is 0.882. The average molecular weight is 154 g/mol. The Morgan fingerprint density at radius 2 is 1.82 bits per heavy atom. The zero-order valence-electron chi connectivity index (χ0n) is 7.16. The SMILES string of the molecule is C1CCNCC2(CC1)CCN2. The van der Waals surface area contributed by atoms with Gasteiger partial charge < -0.3 is 10.6 Å². The van der Waals surface area contributed by atoms with E-state index in [1.165, 1.54) is 51.7 Å². The number of hydrogen-bond donors (Lipinski definition) is 2. The second-order valence-corrected chi connectivity index (χ2v) is 3.94. The highest BCUT2D eigenvalue weighted by molar-refractivity contribution is 4.98. The molecule has 2 rings (SSSR count). The Balaban J connectivity index is 1.86. The summed E-state index contributed by atoms with van der Waals surface area (Å²) in [4.78, 5) is 0. The van der Waals surface area contributed by atoms with Gasteiger partial charge in [-0.2, -0.15) is 0 Å². The summed E-state index contributed by atoms with van der Waals surface area (Å²) < 4.78 is 0. The van der Waals surface area contributed by atoms with E-state index in [2.05, 4.69) is 10.6 Å². The molecule has 2 fully saturated rings. The molecule has 1 atom stereocenters. The molecule has 0 aromatic carbocycles. The molecule has 0 aromatic rings. The van der Waals surface area contributed by atoms with Crippen LogP contribution in [-0.2, 0) is 0 Å². The highest BCUT2D eigenvalue weighted by Crippen LogP contribution is 2.25. The van der Waals surface area contributed by atoms with Crippen molar-refractivity contribution in [3.8, 4) is 0 Å². The molecule has 2 nitrogen and oxygen atoms in total. The van der Waals surface area contributed by atoms with Gasteiger partial charge in [-0.05, 0) is 32.4 Å². The van der Waals surface area contributed by atoms with Gasteiger partial charge >= 0.3 is 0 Å². The summed E-state index contributed by atoms with van der Waals surface area (Å²) in [6, 6.07) is 0. The van der Waals surface area contributed by atoms with Gasteiger partial charge in [-0.15, -0.1) is 0 Å². The minimum Gasteiger partial charge on any atom is -0.315 e. The van der Waals surface area contributed by atoms with E-state index in [1.807, 2.05) is 0 Å². The smallest absolute Gasteiger partial charge is 0.0318 e. The number of hydrogen-bond acceptors (Lipinski definition) is 2. The van der Waals surface area contributed by atoms with Crippen LogP contribution in [0.3, 0.4) is 0 Å². The Kier molecular flexibility index (Phi) is 2.14. The summed E-state index contributed by atoms with van der Waals surface area (Å²) in [5, 5.41) is 7.08. The Hall–Kier alpha value is -0.0800. The van der Waals surface area contributed by atoms with E-state index in [0.717, 1.165) is 0 Å².